The number of carbonyl (C=O) groups is 3. The summed E-state index contributed by atoms with van der Waals surface area (Å²) in [4.78, 5) is 41.7. The molecule has 0 saturated heterocycles. The Balaban J connectivity index is 1.36. The van der Waals surface area contributed by atoms with E-state index in [1.54, 1.807) is 47.4 Å². The molecule has 0 spiro atoms. The maximum atomic E-state index is 13.6. The molecule has 4 N–H and O–H groups in total. The van der Waals surface area contributed by atoms with E-state index in [1.165, 1.54) is 0 Å². The molecule has 0 radical (unpaired) electrons. The molecule has 10 heteroatoms. The third-order valence-electron chi connectivity index (χ3n) is 8.36. The van der Waals surface area contributed by atoms with Gasteiger partial charge in [-0.15, -0.1) is 0 Å². The molecule has 0 aromatic heterocycles. The van der Waals surface area contributed by atoms with E-state index in [-0.39, 0.29) is 42.6 Å². The summed E-state index contributed by atoms with van der Waals surface area (Å²) in [5.74, 6) is -0.623. The van der Waals surface area contributed by atoms with Gasteiger partial charge in [0.25, 0.3) is 0 Å². The number of amides is 3. The number of aromatic carboxylic acids is 1. The van der Waals surface area contributed by atoms with E-state index in [4.69, 9.17) is 4.74 Å². The number of fused-ring (bicyclic) bond motifs is 2. The molecule has 5 rings (SSSR count). The Hall–Kier alpha value is -4.93. The number of ether oxygens (including phenoxy) is 1. The van der Waals surface area contributed by atoms with Crippen LogP contribution in [0.4, 0.5) is 16.2 Å². The molecule has 10 nitrogen and oxygen atoms in total. The number of hydrogen-bond acceptors (Lipinski definition) is 6. The minimum absolute atomic E-state index is 0.0470. The summed E-state index contributed by atoms with van der Waals surface area (Å²) in [6.07, 6.45) is -0.263. The van der Waals surface area contributed by atoms with Crippen LogP contribution in [0.5, 0.6) is 5.75 Å². The Labute approximate surface area is 268 Å². The molecule has 1 heterocycles. The summed E-state index contributed by atoms with van der Waals surface area (Å²) in [6, 6.07) is 24.8. The van der Waals surface area contributed by atoms with E-state index in [9.17, 15) is 24.6 Å². The lowest BCUT2D eigenvalue weighted by atomic mass is 10.0. The molecule has 0 aliphatic carbocycles. The van der Waals surface area contributed by atoms with Crippen LogP contribution in [0.3, 0.4) is 0 Å². The van der Waals surface area contributed by atoms with Crippen LogP contribution in [0, 0.1) is 5.92 Å². The lowest BCUT2D eigenvalue weighted by molar-refractivity contribution is -0.134. The number of likely N-dealkylation sites (N-methyl/N-ethyl adjacent to an activating group) is 1. The molecule has 4 aromatic carbocycles. The number of carbonyl (C=O) groups excluding carboxylic acids is 2. The molecule has 0 bridgehead atoms. The fraction of sp³-hybridized carbons (Fsp3) is 0.306. The van der Waals surface area contributed by atoms with Crippen LogP contribution in [-0.4, -0.2) is 76.8 Å². The number of aliphatic hydroxyl groups excluding tert-OH is 1. The van der Waals surface area contributed by atoms with Crippen molar-refractivity contribution in [2.45, 2.75) is 39.0 Å². The molecule has 1 aliphatic heterocycles. The van der Waals surface area contributed by atoms with E-state index in [1.807, 2.05) is 63.4 Å². The highest BCUT2D eigenvalue weighted by atomic mass is 16.5. The number of urea groups is 1. The van der Waals surface area contributed by atoms with Crippen molar-refractivity contribution >= 4 is 40.1 Å². The molecule has 3 atom stereocenters. The molecule has 0 saturated carbocycles. The van der Waals surface area contributed by atoms with Crippen molar-refractivity contribution in [3.05, 3.63) is 102 Å². The fourth-order valence-electron chi connectivity index (χ4n) is 5.78. The van der Waals surface area contributed by atoms with Crippen molar-refractivity contribution in [1.82, 2.24) is 9.80 Å². The van der Waals surface area contributed by atoms with Gasteiger partial charge in [-0.3, -0.25) is 9.69 Å². The molecule has 0 fully saturated rings. The average Bonchev–Trinajstić information content (AvgIpc) is 3.08. The normalized spacial score (nSPS) is 17.3. The highest BCUT2D eigenvalue weighted by molar-refractivity contribution is 6.06. The Morgan fingerprint density at radius 2 is 1.76 bits per heavy atom. The van der Waals surface area contributed by atoms with Gasteiger partial charge in [0.15, 0.2) is 0 Å². The summed E-state index contributed by atoms with van der Waals surface area (Å²) in [5.41, 5.74) is 3.03. The molecule has 1 aliphatic rings. The standard InChI is InChI=1S/C36H40N4O6/c1-23-19-40(24(2)22-41)34(42)18-28-17-29(37-36(45)38-31-10-6-8-26-7-4-5-9-30(26)31)15-16-32(28)46-33(23)21-39(3)20-25-11-13-27(14-12-25)35(43)44/h4-17,23-24,33,41H,18-22H2,1-3H3,(H,43,44)(H2,37,38,45)/t23-,24+,33-/m0/s1. The van der Waals surface area contributed by atoms with Crippen molar-refractivity contribution in [3.8, 4) is 5.75 Å². The Morgan fingerprint density at radius 1 is 1.02 bits per heavy atom. The van der Waals surface area contributed by atoms with Crippen molar-refractivity contribution in [2.24, 2.45) is 5.92 Å². The zero-order chi connectivity index (χ0) is 32.8. The van der Waals surface area contributed by atoms with E-state index in [0.717, 1.165) is 16.3 Å². The second kappa shape index (κ2) is 14.4. The third kappa shape index (κ3) is 7.82. The first-order valence-electron chi connectivity index (χ1n) is 15.4. The number of carboxylic acid groups (broad SMARTS) is 1. The number of aliphatic hydroxyl groups is 1. The van der Waals surface area contributed by atoms with Crippen LogP contribution in [0.1, 0.15) is 35.3 Å². The number of nitrogens with one attached hydrogen (secondary N) is 2. The zero-order valence-corrected chi connectivity index (χ0v) is 26.3. The maximum absolute atomic E-state index is 13.6. The number of nitrogens with zero attached hydrogens (tertiary/aromatic N) is 2. The predicted molar refractivity (Wildman–Crippen MR) is 178 cm³/mol. The molecular formula is C36H40N4O6. The lowest BCUT2D eigenvalue weighted by Gasteiger charge is -2.34. The number of hydrogen-bond donors (Lipinski definition) is 4. The predicted octanol–water partition coefficient (Wildman–Crippen LogP) is 5.46. The minimum Gasteiger partial charge on any atom is -0.488 e. The minimum atomic E-state index is -0.966. The highest BCUT2D eigenvalue weighted by Crippen LogP contribution is 2.30. The van der Waals surface area contributed by atoms with Gasteiger partial charge >= 0.3 is 12.0 Å². The number of carboxylic acids is 1. The molecule has 46 heavy (non-hydrogen) atoms. The summed E-state index contributed by atoms with van der Waals surface area (Å²) in [6.45, 7) is 5.19. The molecule has 3 amide bonds. The van der Waals surface area contributed by atoms with Gasteiger partial charge in [0.1, 0.15) is 11.9 Å². The first-order chi connectivity index (χ1) is 22.1. The van der Waals surface area contributed by atoms with E-state index in [2.05, 4.69) is 15.5 Å². The van der Waals surface area contributed by atoms with Crippen molar-refractivity contribution in [1.29, 1.82) is 0 Å². The summed E-state index contributed by atoms with van der Waals surface area (Å²) in [7, 11) is 1.97. The van der Waals surface area contributed by atoms with Gasteiger partial charge in [0.05, 0.1) is 30.3 Å². The smallest absolute Gasteiger partial charge is 0.335 e. The van der Waals surface area contributed by atoms with Crippen LogP contribution < -0.4 is 15.4 Å². The second-order valence-corrected chi connectivity index (χ2v) is 12.0. The summed E-state index contributed by atoms with van der Waals surface area (Å²) >= 11 is 0. The number of rotatable bonds is 9. The lowest BCUT2D eigenvalue weighted by Crippen LogP contribution is -2.47. The number of benzene rings is 4. The maximum Gasteiger partial charge on any atom is 0.335 e. The Morgan fingerprint density at radius 3 is 2.50 bits per heavy atom. The highest BCUT2D eigenvalue weighted by Gasteiger charge is 2.31. The van der Waals surface area contributed by atoms with Crippen LogP contribution >= 0.6 is 0 Å². The Kier molecular flexibility index (Phi) is 10.2. The first-order valence-corrected chi connectivity index (χ1v) is 15.4. The van der Waals surface area contributed by atoms with Gasteiger partial charge in [-0.25, -0.2) is 9.59 Å². The van der Waals surface area contributed by atoms with Crippen LogP contribution in [0.25, 0.3) is 10.8 Å². The van der Waals surface area contributed by atoms with Crippen LogP contribution in [-0.2, 0) is 17.8 Å². The fourth-order valence-corrected chi connectivity index (χ4v) is 5.78. The number of anilines is 2. The summed E-state index contributed by atoms with van der Waals surface area (Å²) < 4.78 is 6.61. The molecular weight excluding hydrogens is 584 g/mol. The first kappa shape index (κ1) is 32.5. The SMILES string of the molecule is C[C@H](CO)N1C[C@H](C)[C@H](CN(C)Cc2ccc(C(=O)O)cc2)Oc2ccc(NC(=O)Nc3cccc4ccccc34)cc2CC1=O. The van der Waals surface area contributed by atoms with Crippen molar-refractivity contribution < 1.29 is 29.3 Å². The summed E-state index contributed by atoms with van der Waals surface area (Å²) in [5, 5.41) is 26.9. The zero-order valence-electron chi connectivity index (χ0n) is 26.3. The van der Waals surface area contributed by atoms with E-state index < -0.39 is 12.0 Å². The quantitative estimate of drug-likeness (QED) is 0.194. The second-order valence-electron chi connectivity index (χ2n) is 12.0. The van der Waals surface area contributed by atoms with Gasteiger partial charge in [-0.2, -0.15) is 0 Å². The van der Waals surface area contributed by atoms with Gasteiger partial charge in [-0.05, 0) is 61.3 Å². The largest absolute Gasteiger partial charge is 0.488 e. The van der Waals surface area contributed by atoms with E-state index in [0.29, 0.717) is 42.3 Å². The molecule has 4 aromatic rings. The monoisotopic (exact) mass is 624 g/mol. The van der Waals surface area contributed by atoms with Gasteiger partial charge in [0.2, 0.25) is 5.91 Å². The van der Waals surface area contributed by atoms with Gasteiger partial charge < -0.3 is 30.5 Å². The third-order valence-corrected chi connectivity index (χ3v) is 8.36. The van der Waals surface area contributed by atoms with Crippen molar-refractivity contribution in [2.75, 3.05) is 37.4 Å². The van der Waals surface area contributed by atoms with Crippen LogP contribution in [0.2, 0.25) is 0 Å². The van der Waals surface area contributed by atoms with E-state index >= 15 is 0 Å². The molecule has 0 unspecified atom stereocenters. The Bertz CT molecular complexity index is 1700. The average molecular weight is 625 g/mol. The van der Waals surface area contributed by atoms with Crippen LogP contribution in [0.15, 0.2) is 84.9 Å². The topological polar surface area (TPSA) is 131 Å². The van der Waals surface area contributed by atoms with Crippen molar-refractivity contribution in [3.63, 3.8) is 0 Å². The van der Waals surface area contributed by atoms with Gasteiger partial charge in [-0.1, -0.05) is 55.5 Å². The molecule has 240 valence electrons. The van der Waals surface area contributed by atoms with Gasteiger partial charge in [0, 0.05) is 42.2 Å².